The van der Waals surface area contributed by atoms with Crippen LogP contribution in [0.1, 0.15) is 13.8 Å². The SMILES string of the molecule is CC(C)(Sc1cncnc1-c1ccc(Cl)c(Cl)c1)C(=O)O. The Morgan fingerprint density at radius 1 is 1.29 bits per heavy atom. The zero-order chi connectivity index (χ0) is 15.6. The summed E-state index contributed by atoms with van der Waals surface area (Å²) in [5.41, 5.74) is 1.39. The molecule has 0 radical (unpaired) electrons. The van der Waals surface area contributed by atoms with E-state index in [1.807, 2.05) is 0 Å². The highest BCUT2D eigenvalue weighted by Crippen LogP contribution is 2.38. The van der Waals surface area contributed by atoms with E-state index in [1.54, 1.807) is 38.2 Å². The molecule has 0 unspecified atom stereocenters. The Morgan fingerprint density at radius 2 is 2.00 bits per heavy atom. The van der Waals surface area contributed by atoms with E-state index in [0.717, 1.165) is 5.56 Å². The molecule has 1 N–H and O–H groups in total. The highest BCUT2D eigenvalue weighted by molar-refractivity contribution is 8.01. The van der Waals surface area contributed by atoms with Gasteiger partial charge in [-0.25, -0.2) is 9.97 Å². The van der Waals surface area contributed by atoms with Crippen molar-refractivity contribution >= 4 is 40.9 Å². The summed E-state index contributed by atoms with van der Waals surface area (Å²) in [5, 5.41) is 10.1. The predicted octanol–water partition coefficient (Wildman–Crippen LogP) is 4.41. The topological polar surface area (TPSA) is 63.1 Å². The van der Waals surface area contributed by atoms with Crippen LogP contribution in [0.15, 0.2) is 35.6 Å². The molecule has 2 rings (SSSR count). The van der Waals surface area contributed by atoms with Gasteiger partial charge >= 0.3 is 5.97 Å². The van der Waals surface area contributed by atoms with E-state index in [0.29, 0.717) is 20.6 Å². The minimum Gasteiger partial charge on any atom is -0.480 e. The lowest BCUT2D eigenvalue weighted by Gasteiger charge is -2.19. The van der Waals surface area contributed by atoms with Crippen molar-refractivity contribution in [2.45, 2.75) is 23.5 Å². The van der Waals surface area contributed by atoms with Crippen molar-refractivity contribution in [1.82, 2.24) is 9.97 Å². The molecule has 1 heterocycles. The summed E-state index contributed by atoms with van der Waals surface area (Å²) < 4.78 is -0.990. The molecule has 0 aliphatic rings. The molecule has 0 saturated carbocycles. The van der Waals surface area contributed by atoms with E-state index >= 15 is 0 Å². The van der Waals surface area contributed by atoms with Crippen LogP contribution < -0.4 is 0 Å². The van der Waals surface area contributed by atoms with Crippen LogP contribution in [0.3, 0.4) is 0 Å². The normalized spacial score (nSPS) is 11.4. The minimum atomic E-state index is -0.990. The van der Waals surface area contributed by atoms with Crippen molar-refractivity contribution in [3.63, 3.8) is 0 Å². The van der Waals surface area contributed by atoms with E-state index in [9.17, 15) is 9.90 Å². The molecule has 4 nitrogen and oxygen atoms in total. The molecule has 0 aliphatic carbocycles. The first-order valence-corrected chi connectivity index (χ1v) is 7.56. The number of carboxylic acids is 1. The number of carbonyl (C=O) groups is 1. The Labute approximate surface area is 136 Å². The third kappa shape index (κ3) is 3.67. The number of thioether (sulfide) groups is 1. The number of hydrogen-bond donors (Lipinski definition) is 1. The molecule has 0 spiro atoms. The average molecular weight is 343 g/mol. The van der Waals surface area contributed by atoms with Gasteiger partial charge in [0.25, 0.3) is 0 Å². The van der Waals surface area contributed by atoms with E-state index < -0.39 is 10.7 Å². The van der Waals surface area contributed by atoms with Crippen LogP contribution in [0.2, 0.25) is 10.0 Å². The van der Waals surface area contributed by atoms with Gasteiger partial charge in [0.15, 0.2) is 0 Å². The molecule has 0 atom stereocenters. The molecule has 2 aromatic rings. The van der Waals surface area contributed by atoms with Gasteiger partial charge in [0.2, 0.25) is 0 Å². The third-order valence-electron chi connectivity index (χ3n) is 2.75. The molecule has 0 saturated heterocycles. The van der Waals surface area contributed by atoms with Crippen LogP contribution in [0.5, 0.6) is 0 Å². The Kier molecular flexibility index (Phi) is 4.76. The van der Waals surface area contributed by atoms with Crippen molar-refractivity contribution in [1.29, 1.82) is 0 Å². The molecular weight excluding hydrogens is 331 g/mol. The van der Waals surface area contributed by atoms with Crippen molar-refractivity contribution in [3.05, 3.63) is 40.8 Å². The number of hydrogen-bond acceptors (Lipinski definition) is 4. The Balaban J connectivity index is 2.46. The first-order chi connectivity index (χ1) is 9.81. The summed E-state index contributed by atoms with van der Waals surface area (Å²) in [6.07, 6.45) is 3.01. The van der Waals surface area contributed by atoms with Crippen LogP contribution >= 0.6 is 35.0 Å². The Morgan fingerprint density at radius 3 is 2.62 bits per heavy atom. The molecule has 110 valence electrons. The molecule has 0 fully saturated rings. The smallest absolute Gasteiger partial charge is 0.319 e. The van der Waals surface area contributed by atoms with Crippen LogP contribution in [0.4, 0.5) is 0 Å². The first-order valence-electron chi connectivity index (χ1n) is 5.99. The molecular formula is C14H12Cl2N2O2S. The van der Waals surface area contributed by atoms with E-state index in [4.69, 9.17) is 23.2 Å². The summed E-state index contributed by atoms with van der Waals surface area (Å²) in [6, 6.07) is 5.16. The molecule has 7 heteroatoms. The number of benzene rings is 1. The van der Waals surface area contributed by atoms with Gasteiger partial charge in [-0.1, -0.05) is 29.3 Å². The summed E-state index contributed by atoms with van der Waals surface area (Å²) in [7, 11) is 0. The summed E-state index contributed by atoms with van der Waals surface area (Å²) in [4.78, 5) is 20.1. The van der Waals surface area contributed by atoms with Gasteiger partial charge < -0.3 is 5.11 Å². The maximum atomic E-state index is 11.3. The van der Waals surface area contributed by atoms with Gasteiger partial charge in [0, 0.05) is 11.8 Å². The van der Waals surface area contributed by atoms with Crippen LogP contribution in [-0.2, 0) is 4.79 Å². The fraction of sp³-hybridized carbons (Fsp3) is 0.214. The number of rotatable bonds is 4. The molecule has 21 heavy (non-hydrogen) atoms. The highest BCUT2D eigenvalue weighted by atomic mass is 35.5. The zero-order valence-corrected chi connectivity index (χ0v) is 13.6. The third-order valence-corrected chi connectivity index (χ3v) is 4.69. The van der Waals surface area contributed by atoms with Crippen LogP contribution in [-0.4, -0.2) is 25.8 Å². The standard InChI is InChI=1S/C14H12Cl2N2O2S/c1-14(2,13(19)20)21-11-6-17-7-18-12(11)8-3-4-9(15)10(16)5-8/h3-7H,1-2H3,(H,19,20). The lowest BCUT2D eigenvalue weighted by Crippen LogP contribution is -2.27. The molecule has 0 amide bonds. The lowest BCUT2D eigenvalue weighted by molar-refractivity contribution is -0.138. The van der Waals surface area contributed by atoms with Gasteiger partial charge in [0.1, 0.15) is 11.1 Å². The maximum absolute atomic E-state index is 11.3. The molecule has 1 aromatic heterocycles. The van der Waals surface area contributed by atoms with E-state index in [-0.39, 0.29) is 0 Å². The summed E-state index contributed by atoms with van der Waals surface area (Å²) in [6.45, 7) is 3.26. The number of nitrogens with zero attached hydrogens (tertiary/aromatic N) is 2. The van der Waals surface area contributed by atoms with Gasteiger partial charge in [-0.15, -0.1) is 11.8 Å². The fourth-order valence-corrected chi connectivity index (χ4v) is 2.89. The van der Waals surface area contributed by atoms with Crippen LogP contribution in [0, 0.1) is 0 Å². The zero-order valence-electron chi connectivity index (χ0n) is 11.3. The van der Waals surface area contributed by atoms with E-state index in [1.165, 1.54) is 18.1 Å². The average Bonchev–Trinajstić information content (AvgIpc) is 2.42. The van der Waals surface area contributed by atoms with Crippen molar-refractivity contribution in [3.8, 4) is 11.3 Å². The second kappa shape index (κ2) is 6.22. The second-order valence-corrected chi connectivity index (χ2v) is 7.26. The van der Waals surface area contributed by atoms with Gasteiger partial charge in [0.05, 0.1) is 20.6 Å². The lowest BCUT2D eigenvalue weighted by atomic mass is 10.1. The monoisotopic (exact) mass is 342 g/mol. The van der Waals surface area contributed by atoms with Crippen molar-refractivity contribution in [2.75, 3.05) is 0 Å². The minimum absolute atomic E-state index is 0.418. The van der Waals surface area contributed by atoms with Crippen LogP contribution in [0.25, 0.3) is 11.3 Å². The summed E-state index contributed by atoms with van der Waals surface area (Å²) in [5.74, 6) is -0.906. The van der Waals surface area contributed by atoms with Gasteiger partial charge in [-0.2, -0.15) is 0 Å². The predicted molar refractivity (Wildman–Crippen MR) is 85.1 cm³/mol. The highest BCUT2D eigenvalue weighted by Gasteiger charge is 2.30. The number of halogens is 2. The van der Waals surface area contributed by atoms with Crippen molar-refractivity contribution in [2.24, 2.45) is 0 Å². The number of carboxylic acid groups (broad SMARTS) is 1. The Hall–Kier alpha value is -1.30. The number of aliphatic carboxylic acids is 1. The summed E-state index contributed by atoms with van der Waals surface area (Å²) >= 11 is 13.1. The molecule has 0 bridgehead atoms. The fourth-order valence-electron chi connectivity index (χ4n) is 1.57. The Bertz CT molecular complexity index is 692. The van der Waals surface area contributed by atoms with Gasteiger partial charge in [-0.05, 0) is 26.0 Å². The number of aromatic nitrogens is 2. The maximum Gasteiger partial charge on any atom is 0.319 e. The van der Waals surface area contributed by atoms with Crippen molar-refractivity contribution < 1.29 is 9.90 Å². The molecule has 0 aliphatic heterocycles. The molecule has 1 aromatic carbocycles. The second-order valence-electron chi connectivity index (χ2n) is 4.78. The quantitative estimate of drug-likeness (QED) is 0.834. The largest absolute Gasteiger partial charge is 0.480 e. The van der Waals surface area contributed by atoms with Gasteiger partial charge in [-0.3, -0.25) is 4.79 Å². The van der Waals surface area contributed by atoms with E-state index in [2.05, 4.69) is 9.97 Å². The first kappa shape index (κ1) is 16.1.